The van der Waals surface area contributed by atoms with Gasteiger partial charge in [-0.1, -0.05) is 42.9 Å². The summed E-state index contributed by atoms with van der Waals surface area (Å²) in [6, 6.07) is 0. The van der Waals surface area contributed by atoms with E-state index in [1.54, 1.807) is 0 Å². The normalized spacial score (nSPS) is 17.3. The second kappa shape index (κ2) is 5.47. The fourth-order valence-electron chi connectivity index (χ4n) is 0.699. The van der Waals surface area contributed by atoms with Crippen molar-refractivity contribution in [3.63, 3.8) is 0 Å². The summed E-state index contributed by atoms with van der Waals surface area (Å²) < 4.78 is 0.678. The molecule has 0 aliphatic rings. The lowest BCUT2D eigenvalue weighted by Crippen LogP contribution is -2.15. The van der Waals surface area contributed by atoms with Crippen molar-refractivity contribution in [2.24, 2.45) is 11.7 Å². The minimum absolute atomic E-state index is 0.678. The maximum Gasteiger partial charge on any atom is 0.0235 e. The van der Waals surface area contributed by atoms with E-state index >= 15 is 0 Å². The Morgan fingerprint density at radius 1 is 1.56 bits per heavy atom. The average Bonchev–Trinajstić information content (AvgIpc) is 1.87. The third-order valence-corrected chi connectivity index (χ3v) is 2.63. The van der Waals surface area contributed by atoms with E-state index in [1.165, 1.54) is 12.8 Å². The number of alkyl halides is 1. The maximum atomic E-state index is 5.47. The molecule has 56 valence electrons. The summed E-state index contributed by atoms with van der Waals surface area (Å²) in [5.74, 6) is 0.843. The van der Waals surface area contributed by atoms with Crippen LogP contribution < -0.4 is 5.73 Å². The zero-order chi connectivity index (χ0) is 7.28. The minimum atomic E-state index is 0.678. The number of nitrogens with two attached hydrogens (primary N) is 1. The Labute approximate surface area is 71.5 Å². The monoisotopic (exact) mass is 241 g/mol. The first-order valence-corrected chi connectivity index (χ1v) is 4.79. The van der Waals surface area contributed by atoms with Gasteiger partial charge in [-0.2, -0.15) is 0 Å². The second-order valence-electron chi connectivity index (χ2n) is 2.58. The lowest BCUT2D eigenvalue weighted by Gasteiger charge is -2.11. The molecule has 1 nitrogen and oxygen atoms in total. The molecule has 0 bridgehead atoms. The first-order valence-electron chi connectivity index (χ1n) is 3.54. The van der Waals surface area contributed by atoms with Crippen molar-refractivity contribution in [3.8, 4) is 0 Å². The van der Waals surface area contributed by atoms with Gasteiger partial charge in [0.1, 0.15) is 0 Å². The molecule has 0 rings (SSSR count). The molecule has 0 aromatic carbocycles. The Hall–Kier alpha value is 0.690. The first kappa shape index (κ1) is 9.69. The third-order valence-electron chi connectivity index (χ3n) is 1.61. The van der Waals surface area contributed by atoms with Gasteiger partial charge in [0.2, 0.25) is 0 Å². The Morgan fingerprint density at radius 2 is 2.11 bits per heavy atom. The van der Waals surface area contributed by atoms with Gasteiger partial charge in [-0.15, -0.1) is 0 Å². The highest BCUT2D eigenvalue weighted by molar-refractivity contribution is 14.1. The summed E-state index contributed by atoms with van der Waals surface area (Å²) >= 11 is 2.42. The standard InChI is InChI=1S/C7H16IN/c1-3-6(2)4-7(8)5-9/h6-7H,3-5,9H2,1-2H3. The lowest BCUT2D eigenvalue weighted by atomic mass is 10.0. The molecule has 0 fully saturated rings. The van der Waals surface area contributed by atoms with Gasteiger partial charge in [-0.25, -0.2) is 0 Å². The van der Waals surface area contributed by atoms with E-state index < -0.39 is 0 Å². The van der Waals surface area contributed by atoms with Gasteiger partial charge in [0, 0.05) is 10.5 Å². The van der Waals surface area contributed by atoms with Crippen molar-refractivity contribution < 1.29 is 0 Å². The van der Waals surface area contributed by atoms with E-state index in [0.29, 0.717) is 3.92 Å². The van der Waals surface area contributed by atoms with Crippen LogP contribution in [-0.2, 0) is 0 Å². The second-order valence-corrected chi connectivity index (χ2v) is 4.34. The van der Waals surface area contributed by atoms with Gasteiger partial charge >= 0.3 is 0 Å². The Balaban J connectivity index is 3.22. The Bertz CT molecular complexity index is 57.9. The summed E-state index contributed by atoms with van der Waals surface area (Å²) in [5, 5.41) is 0. The van der Waals surface area contributed by atoms with Crippen LogP contribution in [0.25, 0.3) is 0 Å². The van der Waals surface area contributed by atoms with Crippen LogP contribution in [0, 0.1) is 5.92 Å². The van der Waals surface area contributed by atoms with Crippen molar-refractivity contribution in [1.29, 1.82) is 0 Å². The highest BCUT2D eigenvalue weighted by atomic mass is 127. The molecular weight excluding hydrogens is 225 g/mol. The van der Waals surface area contributed by atoms with Crippen LogP contribution in [0.2, 0.25) is 0 Å². The van der Waals surface area contributed by atoms with Crippen molar-refractivity contribution in [2.45, 2.75) is 30.6 Å². The molecule has 2 heteroatoms. The minimum Gasteiger partial charge on any atom is -0.329 e. The van der Waals surface area contributed by atoms with Gasteiger partial charge in [0.25, 0.3) is 0 Å². The van der Waals surface area contributed by atoms with E-state index in [0.717, 1.165) is 12.5 Å². The molecular formula is C7H16IN. The summed E-state index contributed by atoms with van der Waals surface area (Å²) in [6.07, 6.45) is 2.55. The fraction of sp³-hybridized carbons (Fsp3) is 1.00. The highest BCUT2D eigenvalue weighted by Crippen LogP contribution is 2.14. The smallest absolute Gasteiger partial charge is 0.0235 e. The molecule has 9 heavy (non-hydrogen) atoms. The third kappa shape index (κ3) is 5.15. The summed E-state index contributed by atoms with van der Waals surface area (Å²) in [4.78, 5) is 0. The van der Waals surface area contributed by atoms with Gasteiger partial charge in [-0.3, -0.25) is 0 Å². The number of halogens is 1. The SMILES string of the molecule is CCC(C)CC(I)CN. The van der Waals surface area contributed by atoms with Crippen molar-refractivity contribution in [1.82, 2.24) is 0 Å². The summed E-state index contributed by atoms with van der Waals surface area (Å²) in [5.41, 5.74) is 5.47. The zero-order valence-corrected chi connectivity index (χ0v) is 8.39. The number of hydrogen-bond donors (Lipinski definition) is 1. The van der Waals surface area contributed by atoms with Gasteiger partial charge in [0.15, 0.2) is 0 Å². The van der Waals surface area contributed by atoms with Crippen LogP contribution in [0.1, 0.15) is 26.7 Å². The zero-order valence-electron chi connectivity index (χ0n) is 6.23. The van der Waals surface area contributed by atoms with Crippen LogP contribution in [-0.4, -0.2) is 10.5 Å². The quantitative estimate of drug-likeness (QED) is 0.592. The summed E-state index contributed by atoms with van der Waals surface area (Å²) in [6.45, 7) is 5.33. The van der Waals surface area contributed by atoms with Gasteiger partial charge in [-0.05, 0) is 12.3 Å². The van der Waals surface area contributed by atoms with E-state index in [-0.39, 0.29) is 0 Å². The van der Waals surface area contributed by atoms with Crippen LogP contribution in [0.4, 0.5) is 0 Å². The predicted molar refractivity (Wildman–Crippen MR) is 50.9 cm³/mol. The molecule has 0 heterocycles. The van der Waals surface area contributed by atoms with Crippen LogP contribution in [0.15, 0.2) is 0 Å². The Morgan fingerprint density at radius 3 is 2.44 bits per heavy atom. The molecule has 0 aliphatic carbocycles. The van der Waals surface area contributed by atoms with E-state index in [2.05, 4.69) is 36.4 Å². The summed E-state index contributed by atoms with van der Waals surface area (Å²) in [7, 11) is 0. The molecule has 2 N–H and O–H groups in total. The molecule has 0 aliphatic heterocycles. The lowest BCUT2D eigenvalue weighted by molar-refractivity contribution is 0.514. The van der Waals surface area contributed by atoms with Crippen molar-refractivity contribution >= 4 is 22.6 Å². The molecule has 0 saturated heterocycles. The van der Waals surface area contributed by atoms with E-state index in [1.807, 2.05) is 0 Å². The molecule has 0 aromatic heterocycles. The largest absolute Gasteiger partial charge is 0.329 e. The average molecular weight is 241 g/mol. The molecule has 0 radical (unpaired) electrons. The van der Waals surface area contributed by atoms with Gasteiger partial charge in [0.05, 0.1) is 0 Å². The molecule has 0 aromatic rings. The van der Waals surface area contributed by atoms with Crippen LogP contribution in [0.5, 0.6) is 0 Å². The number of rotatable bonds is 4. The Kier molecular flexibility index (Phi) is 5.89. The van der Waals surface area contributed by atoms with Gasteiger partial charge < -0.3 is 5.73 Å². The van der Waals surface area contributed by atoms with Crippen LogP contribution >= 0.6 is 22.6 Å². The van der Waals surface area contributed by atoms with E-state index in [4.69, 9.17) is 5.73 Å². The molecule has 0 spiro atoms. The molecule has 0 saturated carbocycles. The predicted octanol–water partition coefficient (Wildman–Crippen LogP) is 2.18. The maximum absolute atomic E-state index is 5.47. The molecule has 2 atom stereocenters. The first-order chi connectivity index (χ1) is 4.20. The van der Waals surface area contributed by atoms with Crippen molar-refractivity contribution in [2.75, 3.05) is 6.54 Å². The highest BCUT2D eigenvalue weighted by Gasteiger charge is 2.05. The molecule has 0 amide bonds. The van der Waals surface area contributed by atoms with Crippen LogP contribution in [0.3, 0.4) is 0 Å². The van der Waals surface area contributed by atoms with Crippen molar-refractivity contribution in [3.05, 3.63) is 0 Å². The molecule has 2 unspecified atom stereocenters. The van der Waals surface area contributed by atoms with E-state index in [9.17, 15) is 0 Å². The topological polar surface area (TPSA) is 26.0 Å². The number of hydrogen-bond acceptors (Lipinski definition) is 1. The fourth-order valence-corrected chi connectivity index (χ4v) is 1.57.